The summed E-state index contributed by atoms with van der Waals surface area (Å²) in [6.07, 6.45) is 0. The molecule has 0 spiro atoms. The van der Waals surface area contributed by atoms with Crippen molar-refractivity contribution < 1.29 is 10.2 Å². The summed E-state index contributed by atoms with van der Waals surface area (Å²) in [5, 5.41) is 27.5. The van der Waals surface area contributed by atoms with E-state index in [0.717, 1.165) is 21.5 Å². The van der Waals surface area contributed by atoms with Crippen LogP contribution in [0.3, 0.4) is 0 Å². The van der Waals surface area contributed by atoms with E-state index in [1.54, 1.807) is 0 Å². The van der Waals surface area contributed by atoms with E-state index in [1.165, 1.54) is 20.7 Å². The average molecular weight is 784 g/mol. The predicted molar refractivity (Wildman–Crippen MR) is 235 cm³/mol. The highest BCUT2D eigenvalue weighted by atomic mass is 35.5. The third kappa shape index (κ3) is 8.02. The Labute approximate surface area is 334 Å². The molecule has 5 rings (SSSR count). The number of rotatable bonds is 8. The quantitative estimate of drug-likeness (QED) is 0.122. The molecule has 0 atom stereocenters. The summed E-state index contributed by atoms with van der Waals surface area (Å²) in [5.74, 6) is 13.8. The summed E-state index contributed by atoms with van der Waals surface area (Å²) < 4.78 is 0. The number of hydrogen-bond acceptors (Lipinski definition) is 2. The fourth-order valence-corrected chi connectivity index (χ4v) is 19.9. The van der Waals surface area contributed by atoms with Gasteiger partial charge in [-0.15, -0.1) is 0 Å². The van der Waals surface area contributed by atoms with Crippen molar-refractivity contribution in [1.29, 1.82) is 0 Å². The van der Waals surface area contributed by atoms with E-state index in [9.17, 15) is 10.2 Å². The molecule has 0 aliphatic rings. The van der Waals surface area contributed by atoms with Crippen molar-refractivity contribution in [3.8, 4) is 23.7 Å². The fraction of sp³-hybridized carbons (Fsp3) is 0.208. The van der Waals surface area contributed by atoms with Crippen molar-refractivity contribution in [3.05, 3.63) is 177 Å². The Hall–Kier alpha value is -4.37. The molecule has 0 unspecified atom stereocenters. The Morgan fingerprint density at radius 3 is 0.889 bits per heavy atom. The van der Waals surface area contributed by atoms with E-state index in [1.807, 2.05) is 48.5 Å². The van der Waals surface area contributed by atoms with Crippen molar-refractivity contribution in [2.24, 2.45) is 0 Å². The topological polar surface area (TPSA) is 40.5 Å². The molecule has 5 aromatic rings. The highest BCUT2D eigenvalue weighted by molar-refractivity contribution is 7.11. The summed E-state index contributed by atoms with van der Waals surface area (Å²) >= 11 is 14.0. The van der Waals surface area contributed by atoms with Gasteiger partial charge in [0.15, 0.2) is 16.1 Å². The first-order valence-corrected chi connectivity index (χ1v) is 22.9. The van der Waals surface area contributed by atoms with Crippen LogP contribution in [0.15, 0.2) is 166 Å². The minimum Gasteiger partial charge on any atom is -0.391 e. The van der Waals surface area contributed by atoms with Gasteiger partial charge in [0, 0.05) is 21.5 Å². The summed E-state index contributed by atoms with van der Waals surface area (Å²) in [6, 6.07) is 49.8. The van der Waals surface area contributed by atoms with Gasteiger partial charge in [0.25, 0.3) is 0 Å². The fourth-order valence-electron chi connectivity index (χ4n) is 7.94. The van der Waals surface area contributed by atoms with Gasteiger partial charge in [-0.05, 0) is 55.1 Å². The second kappa shape index (κ2) is 17.4. The molecule has 0 bridgehead atoms. The van der Waals surface area contributed by atoms with Gasteiger partial charge in [-0.3, -0.25) is 0 Å². The first kappa shape index (κ1) is 40.8. The molecule has 0 heterocycles. The second-order valence-electron chi connectivity index (χ2n) is 15.4. The Bertz CT molecular complexity index is 1970. The summed E-state index contributed by atoms with van der Waals surface area (Å²) in [4.78, 5) is 0. The Kier molecular flexibility index (Phi) is 13.2. The van der Waals surface area contributed by atoms with Crippen LogP contribution in [0.1, 0.15) is 52.7 Å². The lowest BCUT2D eigenvalue weighted by molar-refractivity contribution is 0.338. The monoisotopic (exact) mass is 782 g/mol. The van der Waals surface area contributed by atoms with Crippen molar-refractivity contribution in [1.82, 2.24) is 0 Å². The van der Waals surface area contributed by atoms with E-state index < -0.39 is 16.1 Å². The van der Waals surface area contributed by atoms with Gasteiger partial charge in [0.05, 0.1) is 23.3 Å². The lowest BCUT2D eigenvalue weighted by atomic mass is 10.1. The van der Waals surface area contributed by atoms with Crippen LogP contribution in [0.25, 0.3) is 0 Å². The Morgan fingerprint density at radius 1 is 0.444 bits per heavy atom. The molecule has 54 heavy (non-hydrogen) atoms. The molecule has 274 valence electrons. The molecule has 0 amide bonds. The molecule has 6 heteroatoms. The Balaban J connectivity index is 1.63. The van der Waals surface area contributed by atoms with Crippen LogP contribution < -0.4 is 20.7 Å². The van der Waals surface area contributed by atoms with E-state index in [-0.39, 0.29) is 23.3 Å². The lowest BCUT2D eigenvalue weighted by Crippen LogP contribution is -2.66. The summed E-state index contributed by atoms with van der Waals surface area (Å²) in [5.41, 5.74) is 1.60. The van der Waals surface area contributed by atoms with Crippen LogP contribution in [-0.4, -0.2) is 39.6 Å². The summed E-state index contributed by atoms with van der Waals surface area (Å²) in [6.45, 7) is 12.9. The highest BCUT2D eigenvalue weighted by Crippen LogP contribution is 2.43. The standard InChI is InChI=1S/C48H48Cl2O2Si2/c1-47(2,3)53(39-19-11-7-12-20-39,40-21-13-8-14-22-40)45(43(49)35-51)33-31-37-27-29-38(30-28-37)32-34-46(44(50)36-52)54(48(4,5)6,41-23-15-9-16-24-41)42-25-17-10-18-26-42/h7-30,51-52H,35-36H2,1-6H3/b45-43+,46-44+. The van der Waals surface area contributed by atoms with Crippen molar-refractivity contribution in [2.75, 3.05) is 13.2 Å². The third-order valence-electron chi connectivity index (χ3n) is 10.2. The van der Waals surface area contributed by atoms with Gasteiger partial charge in [-0.1, -0.05) is 210 Å². The molecule has 2 nitrogen and oxygen atoms in total. The maximum Gasteiger partial charge on any atom is 0.165 e. The van der Waals surface area contributed by atoms with E-state index in [2.05, 4.69) is 162 Å². The smallest absolute Gasteiger partial charge is 0.165 e. The molecule has 0 saturated carbocycles. The summed E-state index contributed by atoms with van der Waals surface area (Å²) in [7, 11) is -5.80. The van der Waals surface area contributed by atoms with Gasteiger partial charge in [0.2, 0.25) is 0 Å². The van der Waals surface area contributed by atoms with Crippen LogP contribution in [0.2, 0.25) is 10.1 Å². The zero-order chi connectivity index (χ0) is 39.0. The van der Waals surface area contributed by atoms with Gasteiger partial charge in [0.1, 0.15) is 0 Å². The van der Waals surface area contributed by atoms with Crippen molar-refractivity contribution in [3.63, 3.8) is 0 Å². The number of benzene rings is 5. The second-order valence-corrected chi connectivity index (χ2v) is 25.6. The number of hydrogen-bond donors (Lipinski definition) is 2. The van der Waals surface area contributed by atoms with Crippen molar-refractivity contribution >= 4 is 60.1 Å². The first-order chi connectivity index (χ1) is 25.8. The molecule has 0 fully saturated rings. The Morgan fingerprint density at radius 2 is 0.685 bits per heavy atom. The van der Waals surface area contributed by atoms with Crippen LogP contribution in [0, 0.1) is 23.7 Å². The minimum atomic E-state index is -2.90. The van der Waals surface area contributed by atoms with E-state index in [0.29, 0.717) is 10.1 Å². The zero-order valence-electron chi connectivity index (χ0n) is 31.9. The molecule has 5 aromatic carbocycles. The van der Waals surface area contributed by atoms with Gasteiger partial charge in [-0.25, -0.2) is 0 Å². The minimum absolute atomic E-state index is 0.249. The molecule has 0 aromatic heterocycles. The zero-order valence-corrected chi connectivity index (χ0v) is 35.4. The van der Waals surface area contributed by atoms with Crippen LogP contribution >= 0.6 is 23.2 Å². The molecule has 2 N–H and O–H groups in total. The molecule has 0 saturated heterocycles. The van der Waals surface area contributed by atoms with E-state index >= 15 is 0 Å². The SMILES string of the molecule is CC(C)(C)[Si](/C(C#Cc1ccc(C#C/C(=C(\Cl)CO)[Si](c2ccccc2)(c2ccccc2)C(C)(C)C)cc1)=C(/Cl)CO)(c1ccccc1)c1ccccc1. The molecular weight excluding hydrogens is 736 g/mol. The number of allylic oxidation sites excluding steroid dienone is 2. The van der Waals surface area contributed by atoms with Gasteiger partial charge >= 0.3 is 0 Å². The number of halogens is 2. The van der Waals surface area contributed by atoms with Gasteiger partial charge < -0.3 is 10.2 Å². The first-order valence-electron chi connectivity index (χ1n) is 18.2. The van der Waals surface area contributed by atoms with Crippen LogP contribution in [-0.2, 0) is 0 Å². The van der Waals surface area contributed by atoms with E-state index in [4.69, 9.17) is 23.2 Å². The lowest BCUT2D eigenvalue weighted by Gasteiger charge is -2.44. The highest BCUT2D eigenvalue weighted by Gasteiger charge is 2.52. The number of aliphatic hydroxyl groups excluding tert-OH is 2. The predicted octanol–water partition coefficient (Wildman–Crippen LogP) is 8.57. The molecular formula is C48H48Cl2O2Si2. The average Bonchev–Trinajstić information content (AvgIpc) is 3.18. The normalized spacial score (nSPS) is 13.1. The number of aliphatic hydroxyl groups is 2. The van der Waals surface area contributed by atoms with Crippen LogP contribution in [0.5, 0.6) is 0 Å². The molecule has 0 aliphatic heterocycles. The molecule has 0 radical (unpaired) electrons. The van der Waals surface area contributed by atoms with Crippen molar-refractivity contribution in [2.45, 2.75) is 51.6 Å². The van der Waals surface area contributed by atoms with Crippen LogP contribution in [0.4, 0.5) is 0 Å². The maximum absolute atomic E-state index is 10.5. The van der Waals surface area contributed by atoms with Gasteiger partial charge in [-0.2, -0.15) is 0 Å². The molecule has 0 aliphatic carbocycles. The largest absolute Gasteiger partial charge is 0.391 e. The third-order valence-corrected chi connectivity index (χ3v) is 22.8. The maximum atomic E-state index is 10.5.